The number of aromatic nitrogens is 2. The predicted molar refractivity (Wildman–Crippen MR) is 147 cm³/mol. The number of carbonyl (C=O) groups is 2. The molecule has 5 rings (SSSR count). The fourth-order valence-corrected chi connectivity index (χ4v) is 6.05. The van der Waals surface area contributed by atoms with E-state index in [1.807, 2.05) is 66.9 Å². The third-order valence-electron chi connectivity index (χ3n) is 6.54. The number of nitrogens with one attached hydrogen (secondary N) is 2. The summed E-state index contributed by atoms with van der Waals surface area (Å²) in [7, 11) is 0. The Labute approximate surface area is 219 Å². The molecule has 186 valence electrons. The van der Waals surface area contributed by atoms with Crippen molar-refractivity contribution in [3.8, 4) is 17.3 Å². The lowest BCUT2D eigenvalue weighted by atomic mass is 9.95. The van der Waals surface area contributed by atoms with E-state index in [0.717, 1.165) is 52.9 Å². The Morgan fingerprint density at radius 1 is 1.16 bits per heavy atom. The number of anilines is 1. The molecular formula is C29H27N5O2S. The average Bonchev–Trinajstić information content (AvgIpc) is 3.46. The molecule has 0 spiro atoms. The van der Waals surface area contributed by atoms with Crippen LogP contribution in [0.2, 0.25) is 0 Å². The number of amides is 2. The van der Waals surface area contributed by atoms with Crippen molar-refractivity contribution in [1.82, 2.24) is 14.7 Å². The summed E-state index contributed by atoms with van der Waals surface area (Å²) in [4.78, 5) is 32.3. The van der Waals surface area contributed by atoms with Gasteiger partial charge in [0.1, 0.15) is 22.3 Å². The molecule has 8 heteroatoms. The Hall–Kier alpha value is -4.22. The molecular weight excluding hydrogens is 482 g/mol. The molecule has 1 aliphatic rings. The van der Waals surface area contributed by atoms with Gasteiger partial charge in [0.15, 0.2) is 0 Å². The molecule has 3 heterocycles. The van der Waals surface area contributed by atoms with Crippen LogP contribution in [0.3, 0.4) is 0 Å². The van der Waals surface area contributed by atoms with Crippen molar-refractivity contribution in [2.45, 2.75) is 39.5 Å². The maximum Gasteiger partial charge on any atom is 0.267 e. The number of hydrogen-bond acceptors (Lipinski definition) is 5. The molecule has 1 aliphatic carbocycles. The van der Waals surface area contributed by atoms with Gasteiger partial charge in [0.05, 0.1) is 17.0 Å². The first kappa shape index (κ1) is 24.5. The number of rotatable bonds is 6. The van der Waals surface area contributed by atoms with Crippen LogP contribution >= 0.6 is 11.3 Å². The van der Waals surface area contributed by atoms with E-state index in [-0.39, 0.29) is 11.5 Å². The summed E-state index contributed by atoms with van der Waals surface area (Å²) in [5, 5.41) is 16.3. The van der Waals surface area contributed by atoms with Gasteiger partial charge in [-0.3, -0.25) is 14.0 Å². The average molecular weight is 510 g/mol. The van der Waals surface area contributed by atoms with Crippen LogP contribution in [-0.2, 0) is 17.6 Å². The molecule has 7 nitrogen and oxygen atoms in total. The molecule has 2 N–H and O–H groups in total. The highest BCUT2D eigenvalue weighted by Gasteiger charge is 2.27. The molecule has 0 saturated heterocycles. The number of pyridine rings is 1. The molecule has 0 bridgehead atoms. The SMILES string of the molecule is CCNC(=O)c1c(NC(=O)C(C#N)=Cc2c(-c3ccccc3)nc3c(C)cccn23)sc2c1CCCC2. The van der Waals surface area contributed by atoms with Gasteiger partial charge in [0.2, 0.25) is 0 Å². The zero-order valence-corrected chi connectivity index (χ0v) is 21.6. The van der Waals surface area contributed by atoms with E-state index in [1.165, 1.54) is 11.3 Å². The van der Waals surface area contributed by atoms with Crippen LogP contribution in [-0.4, -0.2) is 27.7 Å². The topological polar surface area (TPSA) is 99.3 Å². The van der Waals surface area contributed by atoms with Crippen molar-refractivity contribution in [2.75, 3.05) is 11.9 Å². The number of nitriles is 1. The van der Waals surface area contributed by atoms with E-state index in [2.05, 4.69) is 16.7 Å². The minimum atomic E-state index is -0.548. The van der Waals surface area contributed by atoms with Crippen LogP contribution in [0.4, 0.5) is 5.00 Å². The second-order valence-electron chi connectivity index (χ2n) is 8.99. The molecule has 0 radical (unpaired) electrons. The lowest BCUT2D eigenvalue weighted by Crippen LogP contribution is -2.25. The van der Waals surface area contributed by atoms with Gasteiger partial charge in [-0.05, 0) is 62.8 Å². The highest BCUT2D eigenvalue weighted by molar-refractivity contribution is 7.17. The number of imidazole rings is 1. The molecule has 4 aromatic rings. The van der Waals surface area contributed by atoms with Gasteiger partial charge in [0.25, 0.3) is 11.8 Å². The number of nitrogens with zero attached hydrogens (tertiary/aromatic N) is 3. The van der Waals surface area contributed by atoms with Crippen molar-refractivity contribution < 1.29 is 9.59 Å². The highest BCUT2D eigenvalue weighted by Crippen LogP contribution is 2.38. The Balaban J connectivity index is 1.57. The quantitative estimate of drug-likeness (QED) is 0.263. The van der Waals surface area contributed by atoms with Crippen molar-refractivity contribution >= 4 is 39.9 Å². The summed E-state index contributed by atoms with van der Waals surface area (Å²) >= 11 is 1.44. The number of fused-ring (bicyclic) bond motifs is 2. The van der Waals surface area contributed by atoms with Crippen LogP contribution < -0.4 is 10.6 Å². The zero-order chi connectivity index (χ0) is 25.9. The van der Waals surface area contributed by atoms with E-state index < -0.39 is 5.91 Å². The van der Waals surface area contributed by atoms with Gasteiger partial charge in [-0.15, -0.1) is 11.3 Å². The Kier molecular flexibility index (Phi) is 6.89. The molecule has 0 unspecified atom stereocenters. The van der Waals surface area contributed by atoms with Gasteiger partial charge < -0.3 is 10.6 Å². The minimum Gasteiger partial charge on any atom is -0.352 e. The molecule has 3 aromatic heterocycles. The maximum atomic E-state index is 13.4. The summed E-state index contributed by atoms with van der Waals surface area (Å²) in [5.41, 5.74) is 5.45. The minimum absolute atomic E-state index is 0.0614. The van der Waals surface area contributed by atoms with Crippen LogP contribution in [0.5, 0.6) is 0 Å². The van der Waals surface area contributed by atoms with Gasteiger partial charge in [-0.2, -0.15) is 5.26 Å². The largest absolute Gasteiger partial charge is 0.352 e. The van der Waals surface area contributed by atoms with E-state index in [0.29, 0.717) is 28.5 Å². The number of thiophene rings is 1. The highest BCUT2D eigenvalue weighted by atomic mass is 32.1. The van der Waals surface area contributed by atoms with Crippen LogP contribution in [0.15, 0.2) is 54.2 Å². The molecule has 0 fully saturated rings. The number of aryl methyl sites for hydroxylation is 2. The third kappa shape index (κ3) is 4.66. The van der Waals surface area contributed by atoms with E-state index >= 15 is 0 Å². The number of hydrogen-bond donors (Lipinski definition) is 2. The summed E-state index contributed by atoms with van der Waals surface area (Å²) in [6, 6.07) is 15.7. The number of benzene rings is 1. The normalized spacial score (nSPS) is 13.2. The van der Waals surface area contributed by atoms with Crippen LogP contribution in [0.1, 0.15) is 51.8 Å². The fraction of sp³-hybridized carbons (Fsp3) is 0.241. The summed E-state index contributed by atoms with van der Waals surface area (Å²) < 4.78 is 1.90. The van der Waals surface area contributed by atoms with E-state index in [9.17, 15) is 14.9 Å². The molecule has 1 aromatic carbocycles. The lowest BCUT2D eigenvalue weighted by molar-refractivity contribution is -0.112. The van der Waals surface area contributed by atoms with Crippen LogP contribution in [0, 0.1) is 18.3 Å². The van der Waals surface area contributed by atoms with Gasteiger partial charge in [-0.25, -0.2) is 4.98 Å². The molecule has 0 atom stereocenters. The standard InChI is InChI=1S/C29H27N5O2S/c1-3-31-28(36)24-21-13-7-8-14-23(21)37-29(24)33-27(35)20(17-30)16-22-25(19-11-5-4-6-12-19)32-26-18(2)10-9-15-34(22)26/h4-6,9-12,15-16H,3,7-8,13-14H2,1-2H3,(H,31,36)(H,33,35). The molecule has 37 heavy (non-hydrogen) atoms. The van der Waals surface area contributed by atoms with Crippen LogP contribution in [0.25, 0.3) is 23.0 Å². The summed E-state index contributed by atoms with van der Waals surface area (Å²) in [5.74, 6) is -0.739. The first-order valence-electron chi connectivity index (χ1n) is 12.4. The molecule has 0 aliphatic heterocycles. The van der Waals surface area contributed by atoms with Crippen molar-refractivity contribution in [1.29, 1.82) is 5.26 Å². The smallest absolute Gasteiger partial charge is 0.267 e. The van der Waals surface area contributed by atoms with Gasteiger partial charge >= 0.3 is 0 Å². The van der Waals surface area contributed by atoms with E-state index in [4.69, 9.17) is 4.98 Å². The second kappa shape index (κ2) is 10.4. The summed E-state index contributed by atoms with van der Waals surface area (Å²) in [6.45, 7) is 4.34. The number of carbonyl (C=O) groups excluding carboxylic acids is 2. The molecule has 2 amide bonds. The molecule has 0 saturated carbocycles. The lowest BCUT2D eigenvalue weighted by Gasteiger charge is -2.12. The maximum absolute atomic E-state index is 13.4. The monoisotopic (exact) mass is 509 g/mol. The van der Waals surface area contributed by atoms with E-state index in [1.54, 1.807) is 6.08 Å². The Morgan fingerprint density at radius 2 is 1.95 bits per heavy atom. The van der Waals surface area contributed by atoms with Crippen molar-refractivity contribution in [2.24, 2.45) is 0 Å². The Morgan fingerprint density at radius 3 is 2.70 bits per heavy atom. The first-order valence-corrected chi connectivity index (χ1v) is 13.2. The van der Waals surface area contributed by atoms with Gasteiger partial charge in [-0.1, -0.05) is 36.4 Å². The van der Waals surface area contributed by atoms with Crippen molar-refractivity contribution in [3.05, 3.63) is 81.5 Å². The van der Waals surface area contributed by atoms with Crippen molar-refractivity contribution in [3.63, 3.8) is 0 Å². The third-order valence-corrected chi connectivity index (χ3v) is 7.75. The predicted octanol–water partition coefficient (Wildman–Crippen LogP) is 5.55. The first-order chi connectivity index (χ1) is 18.0. The second-order valence-corrected chi connectivity index (χ2v) is 10.1. The fourth-order valence-electron chi connectivity index (χ4n) is 4.77. The zero-order valence-electron chi connectivity index (χ0n) is 20.8. The van der Waals surface area contributed by atoms with Gasteiger partial charge in [0, 0.05) is 23.2 Å². The Bertz CT molecular complexity index is 1570. The summed E-state index contributed by atoms with van der Waals surface area (Å²) in [6.07, 6.45) is 7.25.